The van der Waals surface area contributed by atoms with E-state index in [-0.39, 0.29) is 0 Å². The van der Waals surface area contributed by atoms with Crippen molar-refractivity contribution in [2.24, 2.45) is 0 Å². The van der Waals surface area contributed by atoms with Crippen LogP contribution in [0.2, 0.25) is 6.55 Å². The van der Waals surface area contributed by atoms with Crippen LogP contribution in [0.1, 0.15) is 0 Å². The van der Waals surface area contributed by atoms with Crippen LogP contribution in [0.25, 0.3) is 0 Å². The molecule has 0 atom stereocenters. The molecule has 0 unspecified atom stereocenters. The Morgan fingerprint density at radius 2 is 1.33 bits per heavy atom. The summed E-state index contributed by atoms with van der Waals surface area (Å²) in [5.74, 6) is 0. The van der Waals surface area contributed by atoms with Crippen LogP contribution in [-0.2, 0) is 21.8 Å². The Morgan fingerprint density at radius 1 is 0.917 bits per heavy atom. The lowest BCUT2D eigenvalue weighted by molar-refractivity contribution is 0.115. The zero-order valence-electron chi connectivity index (χ0n) is 8.04. The lowest BCUT2D eigenvalue weighted by atomic mass is 11.8. The predicted octanol–water partition coefficient (Wildman–Crippen LogP) is 0.142. The van der Waals surface area contributed by atoms with Crippen molar-refractivity contribution in [3.8, 4) is 0 Å². The highest BCUT2D eigenvalue weighted by Crippen LogP contribution is 2.08. The third-order valence-electron chi connectivity index (χ3n) is 1.34. The molecule has 0 aliphatic carbocycles. The van der Waals surface area contributed by atoms with Gasteiger partial charge in [-0.3, -0.25) is 0 Å². The van der Waals surface area contributed by atoms with E-state index in [4.69, 9.17) is 21.8 Å². The van der Waals surface area contributed by atoms with Gasteiger partial charge in [0, 0.05) is 35.0 Å². The maximum atomic E-state index is 5.39. The van der Waals surface area contributed by atoms with Crippen LogP contribution in [0.4, 0.5) is 0 Å². The van der Waals surface area contributed by atoms with Crippen LogP contribution < -0.4 is 0 Å². The fourth-order valence-corrected chi connectivity index (χ4v) is 3.36. The molecule has 0 heterocycles. The highest BCUT2D eigenvalue weighted by atomic mass is 28.4. The van der Waals surface area contributed by atoms with Gasteiger partial charge in [-0.05, 0) is 0 Å². The van der Waals surface area contributed by atoms with Crippen molar-refractivity contribution < 1.29 is 21.8 Å². The maximum Gasteiger partial charge on any atom is 0.569 e. The van der Waals surface area contributed by atoms with Crippen LogP contribution in [0, 0.1) is 0 Å². The molecular formula is C5H15O5Si2. The highest BCUT2D eigenvalue weighted by Gasteiger charge is 2.38. The van der Waals surface area contributed by atoms with E-state index in [0.717, 1.165) is 0 Å². The molecule has 73 valence electrons. The summed E-state index contributed by atoms with van der Waals surface area (Å²) in [6, 6.07) is 0. The third-order valence-corrected chi connectivity index (χ3v) is 5.64. The summed E-state index contributed by atoms with van der Waals surface area (Å²) in [6.45, 7) is 1.77. The molecule has 0 aromatic heterocycles. The average Bonchev–Trinajstić information content (AvgIpc) is 2.14. The molecule has 0 aliphatic heterocycles. The minimum Gasteiger partial charge on any atom is -0.377 e. The van der Waals surface area contributed by atoms with Crippen molar-refractivity contribution in [1.29, 1.82) is 0 Å². The minimum absolute atomic E-state index is 1.53. The van der Waals surface area contributed by atoms with Crippen molar-refractivity contribution in [2.45, 2.75) is 6.55 Å². The van der Waals surface area contributed by atoms with Gasteiger partial charge in [0.2, 0.25) is 0 Å². The van der Waals surface area contributed by atoms with E-state index in [9.17, 15) is 0 Å². The van der Waals surface area contributed by atoms with Crippen molar-refractivity contribution in [2.75, 3.05) is 28.4 Å². The average molecular weight is 211 g/mol. The van der Waals surface area contributed by atoms with Gasteiger partial charge in [-0.25, -0.2) is 0 Å². The molecule has 0 bridgehead atoms. The zero-order chi connectivity index (χ0) is 9.61. The Balaban J connectivity index is 3.99. The first-order valence-electron chi connectivity index (χ1n) is 3.36. The molecule has 0 N–H and O–H groups in total. The first-order valence-corrected chi connectivity index (χ1v) is 6.81. The summed E-state index contributed by atoms with van der Waals surface area (Å²) in [5, 5.41) is 0. The summed E-state index contributed by atoms with van der Waals surface area (Å²) in [6.07, 6.45) is 0. The molecule has 0 aromatic rings. The van der Waals surface area contributed by atoms with E-state index >= 15 is 0 Å². The SMILES string of the molecule is CO[Si](OC)O[Si](C)(OC)OC. The topological polar surface area (TPSA) is 46.2 Å². The summed E-state index contributed by atoms with van der Waals surface area (Å²) < 4.78 is 25.4. The second-order valence-corrected chi connectivity index (χ2v) is 6.71. The summed E-state index contributed by atoms with van der Waals surface area (Å²) in [5.41, 5.74) is 0. The van der Waals surface area contributed by atoms with Gasteiger partial charge in [0.1, 0.15) is 0 Å². The Labute approximate surface area is 75.9 Å². The van der Waals surface area contributed by atoms with E-state index in [1.54, 1.807) is 20.8 Å². The monoisotopic (exact) mass is 211 g/mol. The Morgan fingerprint density at radius 3 is 1.58 bits per heavy atom. The molecule has 0 fully saturated rings. The van der Waals surface area contributed by atoms with Gasteiger partial charge in [-0.1, -0.05) is 0 Å². The molecule has 5 nitrogen and oxygen atoms in total. The molecule has 0 saturated carbocycles. The van der Waals surface area contributed by atoms with Crippen LogP contribution in [-0.4, -0.2) is 46.8 Å². The smallest absolute Gasteiger partial charge is 0.377 e. The lowest BCUT2D eigenvalue weighted by Gasteiger charge is -2.24. The van der Waals surface area contributed by atoms with Crippen molar-refractivity contribution in [1.82, 2.24) is 0 Å². The Hall–Kier alpha value is 0.234. The van der Waals surface area contributed by atoms with E-state index in [1.165, 1.54) is 14.2 Å². The Bertz CT molecular complexity index is 114. The van der Waals surface area contributed by atoms with Crippen LogP contribution in [0.5, 0.6) is 0 Å². The van der Waals surface area contributed by atoms with Gasteiger partial charge < -0.3 is 21.8 Å². The quantitative estimate of drug-likeness (QED) is 0.585. The molecular weight excluding hydrogens is 196 g/mol. The maximum absolute atomic E-state index is 5.39. The van der Waals surface area contributed by atoms with Crippen LogP contribution >= 0.6 is 0 Å². The zero-order valence-corrected chi connectivity index (χ0v) is 10.0. The van der Waals surface area contributed by atoms with Gasteiger partial charge in [-0.15, -0.1) is 0 Å². The Kier molecular flexibility index (Phi) is 5.92. The predicted molar refractivity (Wildman–Crippen MR) is 46.5 cm³/mol. The second-order valence-electron chi connectivity index (χ2n) is 2.03. The number of rotatable bonds is 6. The van der Waals surface area contributed by atoms with Gasteiger partial charge >= 0.3 is 18.3 Å². The molecule has 0 amide bonds. The molecule has 0 saturated heterocycles. The van der Waals surface area contributed by atoms with E-state index < -0.39 is 18.3 Å². The fraction of sp³-hybridized carbons (Fsp3) is 1.00. The van der Waals surface area contributed by atoms with E-state index in [0.29, 0.717) is 0 Å². The van der Waals surface area contributed by atoms with Crippen LogP contribution in [0.3, 0.4) is 0 Å². The first kappa shape index (κ1) is 12.2. The standard InChI is InChI=1S/C5H15O5Si2/c1-6-11(7-2)10-12(5,8-3)9-4/h1-5H3. The lowest BCUT2D eigenvalue weighted by Crippen LogP contribution is -2.46. The number of hydrogen-bond acceptors (Lipinski definition) is 5. The molecule has 12 heavy (non-hydrogen) atoms. The second kappa shape index (κ2) is 5.81. The van der Waals surface area contributed by atoms with Gasteiger partial charge in [0.25, 0.3) is 0 Å². The minimum atomic E-state index is -2.51. The van der Waals surface area contributed by atoms with E-state index in [2.05, 4.69) is 0 Å². The van der Waals surface area contributed by atoms with Crippen molar-refractivity contribution in [3.63, 3.8) is 0 Å². The molecule has 1 radical (unpaired) electrons. The van der Waals surface area contributed by atoms with Gasteiger partial charge in [0.05, 0.1) is 0 Å². The van der Waals surface area contributed by atoms with Gasteiger partial charge in [0.15, 0.2) is 0 Å². The summed E-state index contributed by atoms with van der Waals surface area (Å²) >= 11 is 0. The molecule has 0 aliphatic rings. The first-order chi connectivity index (χ1) is 5.61. The largest absolute Gasteiger partial charge is 0.569 e. The van der Waals surface area contributed by atoms with Gasteiger partial charge in [-0.2, -0.15) is 0 Å². The molecule has 0 aromatic carbocycles. The summed E-state index contributed by atoms with van der Waals surface area (Å²) in [4.78, 5) is 0. The van der Waals surface area contributed by atoms with Crippen molar-refractivity contribution >= 4 is 18.3 Å². The van der Waals surface area contributed by atoms with E-state index in [1.807, 2.05) is 0 Å². The van der Waals surface area contributed by atoms with Crippen molar-refractivity contribution in [3.05, 3.63) is 0 Å². The number of hydrogen-bond donors (Lipinski definition) is 0. The highest BCUT2D eigenvalue weighted by molar-refractivity contribution is 6.66. The summed E-state index contributed by atoms with van der Waals surface area (Å²) in [7, 11) is 1.94. The fourth-order valence-electron chi connectivity index (χ4n) is 0.485. The van der Waals surface area contributed by atoms with Crippen LogP contribution in [0.15, 0.2) is 0 Å². The molecule has 7 heteroatoms. The molecule has 0 rings (SSSR count). The normalized spacial score (nSPS) is 12.5. The molecule has 0 spiro atoms. The third kappa shape index (κ3) is 3.76.